The highest BCUT2D eigenvalue weighted by molar-refractivity contribution is 7.90. The molecule has 0 atom stereocenters. The number of alkyl halides is 5. The highest BCUT2D eigenvalue weighted by atomic mass is 32.2. The summed E-state index contributed by atoms with van der Waals surface area (Å²) in [5.41, 5.74) is -2.07. The number of sulfone groups is 1. The first-order chi connectivity index (χ1) is 15.6. The van der Waals surface area contributed by atoms with Gasteiger partial charge < -0.3 is 0 Å². The predicted molar refractivity (Wildman–Crippen MR) is 109 cm³/mol. The first-order valence-corrected chi connectivity index (χ1v) is 11.0. The molecule has 1 heterocycles. The number of rotatable bonds is 5. The molecule has 0 saturated heterocycles. The molecule has 0 amide bonds. The fourth-order valence-electron chi connectivity index (χ4n) is 2.99. The highest BCUT2D eigenvalue weighted by Gasteiger charge is 2.61. The molecule has 0 unspecified atom stereocenters. The van der Waals surface area contributed by atoms with Gasteiger partial charge in [0.25, 0.3) is 5.56 Å². The molecular formula is C21H13F7N2O3S. The van der Waals surface area contributed by atoms with Crippen LogP contribution in [0, 0.1) is 5.82 Å². The topological polar surface area (TPSA) is 69.0 Å². The van der Waals surface area contributed by atoms with Crippen LogP contribution in [0.2, 0.25) is 0 Å². The lowest BCUT2D eigenvalue weighted by Gasteiger charge is -2.18. The van der Waals surface area contributed by atoms with E-state index >= 15 is 0 Å². The second kappa shape index (κ2) is 8.70. The maximum Gasteiger partial charge on any atom is 0.460 e. The van der Waals surface area contributed by atoms with Crippen molar-refractivity contribution in [2.75, 3.05) is 6.26 Å². The molecule has 1 aromatic heterocycles. The van der Waals surface area contributed by atoms with Crippen LogP contribution in [0.1, 0.15) is 0 Å². The summed E-state index contributed by atoms with van der Waals surface area (Å²) in [6.07, 6.45) is -5.00. The largest absolute Gasteiger partial charge is 0.460 e. The minimum absolute atomic E-state index is 0.0499. The Labute approximate surface area is 187 Å². The van der Waals surface area contributed by atoms with Crippen molar-refractivity contribution in [3.8, 4) is 22.3 Å². The lowest BCUT2D eigenvalue weighted by molar-refractivity contribution is -0.270. The van der Waals surface area contributed by atoms with Crippen molar-refractivity contribution in [2.45, 2.75) is 17.0 Å². The smallest absolute Gasteiger partial charge is 0.267 e. The molecule has 2 aromatic carbocycles. The second-order valence-corrected chi connectivity index (χ2v) is 8.99. The van der Waals surface area contributed by atoms with Crippen molar-refractivity contribution in [1.29, 1.82) is 0 Å². The predicted octanol–water partition coefficient (Wildman–Crippen LogP) is 5.09. The number of aromatic nitrogens is 2. The minimum atomic E-state index is -6.27. The number of halogens is 7. The fraction of sp³-hybridized carbons (Fsp3) is 0.143. The molecule has 180 valence electrons. The minimum Gasteiger partial charge on any atom is -0.267 e. The van der Waals surface area contributed by atoms with Gasteiger partial charge in [0.1, 0.15) is 5.82 Å². The average Bonchev–Trinajstić information content (AvgIpc) is 2.74. The van der Waals surface area contributed by atoms with Crippen LogP contribution in [0.3, 0.4) is 0 Å². The third-order valence-electron chi connectivity index (χ3n) is 4.60. The van der Waals surface area contributed by atoms with Crippen LogP contribution in [-0.4, -0.2) is 36.6 Å². The van der Waals surface area contributed by atoms with Crippen LogP contribution in [0.15, 0.2) is 70.2 Å². The van der Waals surface area contributed by atoms with Crippen LogP contribution in [-0.2, 0) is 9.84 Å². The van der Waals surface area contributed by atoms with Crippen LogP contribution in [0.4, 0.5) is 30.7 Å². The number of benzene rings is 2. The standard InChI is InChI=1S/C21H13F7N2O3S/c1-34(32,33)16-5-3-2-4-14(16)15-10-29-30(11-17(23)20(24,25)21(26,27)28)19(31)18(15)12-6-8-13(22)9-7-12/h2-11H,1H3. The van der Waals surface area contributed by atoms with Gasteiger partial charge in [-0.15, -0.1) is 0 Å². The van der Waals surface area contributed by atoms with Gasteiger partial charge >= 0.3 is 12.1 Å². The van der Waals surface area contributed by atoms with E-state index in [0.717, 1.165) is 36.7 Å². The Kier molecular flexibility index (Phi) is 6.44. The molecular weight excluding hydrogens is 493 g/mol. The summed E-state index contributed by atoms with van der Waals surface area (Å²) in [6.45, 7) is 0. The zero-order valence-corrected chi connectivity index (χ0v) is 17.8. The van der Waals surface area contributed by atoms with E-state index in [1.165, 1.54) is 24.3 Å². The molecule has 0 aliphatic carbocycles. The molecule has 0 saturated carbocycles. The van der Waals surface area contributed by atoms with E-state index in [4.69, 9.17) is 0 Å². The van der Waals surface area contributed by atoms with Gasteiger partial charge in [0.05, 0.1) is 22.9 Å². The van der Waals surface area contributed by atoms with E-state index in [1.807, 2.05) is 0 Å². The van der Waals surface area contributed by atoms with Crippen molar-refractivity contribution in [3.05, 3.63) is 76.7 Å². The van der Waals surface area contributed by atoms with E-state index in [0.29, 0.717) is 0 Å². The summed E-state index contributed by atoms with van der Waals surface area (Å²) >= 11 is 0. The number of hydrogen-bond donors (Lipinski definition) is 0. The van der Waals surface area contributed by atoms with Crippen LogP contribution in [0.5, 0.6) is 0 Å². The Bertz CT molecular complexity index is 1430. The van der Waals surface area contributed by atoms with Gasteiger partial charge in [-0.2, -0.15) is 27.1 Å². The van der Waals surface area contributed by atoms with E-state index in [1.54, 1.807) is 0 Å². The summed E-state index contributed by atoms with van der Waals surface area (Å²) in [6, 6.07) is 9.38. The Morgan fingerprint density at radius 2 is 1.56 bits per heavy atom. The van der Waals surface area contributed by atoms with Crippen molar-refractivity contribution >= 4 is 16.0 Å². The van der Waals surface area contributed by atoms with E-state index < -0.39 is 50.9 Å². The highest BCUT2D eigenvalue weighted by Crippen LogP contribution is 2.42. The summed E-state index contributed by atoms with van der Waals surface area (Å²) in [5.74, 6) is -9.61. The third kappa shape index (κ3) is 4.74. The Morgan fingerprint density at radius 1 is 0.971 bits per heavy atom. The van der Waals surface area contributed by atoms with Gasteiger partial charge in [-0.25, -0.2) is 21.9 Å². The van der Waals surface area contributed by atoms with Gasteiger partial charge in [0, 0.05) is 17.4 Å². The maximum absolute atomic E-state index is 13.8. The molecule has 0 bridgehead atoms. The van der Waals surface area contributed by atoms with Gasteiger partial charge in [0.15, 0.2) is 15.7 Å². The Balaban J connectivity index is 2.36. The SMILES string of the molecule is CS(=O)(=O)c1ccccc1-c1cnn(C=C(F)C(F)(F)C(F)(F)F)c(=O)c1-c1ccc(F)cc1. The third-order valence-corrected chi connectivity index (χ3v) is 5.76. The quantitative estimate of drug-likeness (QED) is 0.453. The van der Waals surface area contributed by atoms with Crippen molar-refractivity contribution in [2.24, 2.45) is 0 Å². The van der Waals surface area contributed by atoms with E-state index in [-0.39, 0.29) is 26.3 Å². The van der Waals surface area contributed by atoms with Gasteiger partial charge in [-0.05, 0) is 23.8 Å². The maximum atomic E-state index is 13.8. The number of allylic oxidation sites excluding steroid dienone is 1. The molecule has 13 heteroatoms. The first kappa shape index (κ1) is 25.1. The zero-order chi connectivity index (χ0) is 25.5. The lowest BCUT2D eigenvalue weighted by atomic mass is 9.97. The summed E-state index contributed by atoms with van der Waals surface area (Å²) in [7, 11) is -3.86. The van der Waals surface area contributed by atoms with Crippen LogP contribution >= 0.6 is 0 Å². The molecule has 3 aromatic rings. The zero-order valence-electron chi connectivity index (χ0n) is 16.9. The fourth-order valence-corrected chi connectivity index (χ4v) is 3.90. The summed E-state index contributed by atoms with van der Waals surface area (Å²) in [5, 5.41) is 3.44. The summed E-state index contributed by atoms with van der Waals surface area (Å²) < 4.78 is 116. The normalized spacial score (nSPS) is 13.2. The first-order valence-electron chi connectivity index (χ1n) is 9.14. The molecule has 0 spiro atoms. The molecule has 3 rings (SSSR count). The Hall–Kier alpha value is -3.48. The van der Waals surface area contributed by atoms with E-state index in [9.17, 15) is 43.9 Å². The van der Waals surface area contributed by atoms with Crippen molar-refractivity contribution in [1.82, 2.24) is 9.78 Å². The van der Waals surface area contributed by atoms with Crippen LogP contribution in [0.25, 0.3) is 28.5 Å². The second-order valence-electron chi connectivity index (χ2n) is 7.01. The van der Waals surface area contributed by atoms with Gasteiger partial charge in [-0.1, -0.05) is 30.3 Å². The van der Waals surface area contributed by atoms with E-state index in [2.05, 4.69) is 5.10 Å². The molecule has 0 N–H and O–H groups in total. The molecule has 0 aliphatic rings. The van der Waals surface area contributed by atoms with Crippen molar-refractivity contribution in [3.63, 3.8) is 0 Å². The molecule has 5 nitrogen and oxygen atoms in total. The van der Waals surface area contributed by atoms with Gasteiger partial charge in [-0.3, -0.25) is 4.79 Å². The monoisotopic (exact) mass is 506 g/mol. The molecule has 0 radical (unpaired) electrons. The molecule has 0 aliphatic heterocycles. The lowest BCUT2D eigenvalue weighted by Crippen LogP contribution is -2.37. The number of hydrogen-bond acceptors (Lipinski definition) is 4. The van der Waals surface area contributed by atoms with Crippen molar-refractivity contribution < 1.29 is 39.2 Å². The number of nitrogens with zero attached hydrogens (tertiary/aromatic N) is 2. The Morgan fingerprint density at radius 3 is 2.12 bits per heavy atom. The molecule has 0 fully saturated rings. The van der Waals surface area contributed by atoms with Gasteiger partial charge in [0.2, 0.25) is 0 Å². The van der Waals surface area contributed by atoms with Crippen LogP contribution < -0.4 is 5.56 Å². The average molecular weight is 506 g/mol. The summed E-state index contributed by atoms with van der Waals surface area (Å²) in [4.78, 5) is 12.8. The molecule has 34 heavy (non-hydrogen) atoms.